The number of hydrogen-bond donors (Lipinski definition) is 2. The summed E-state index contributed by atoms with van der Waals surface area (Å²) < 4.78 is 16.3. The number of esters is 1. The fourth-order valence-electron chi connectivity index (χ4n) is 4.21. The van der Waals surface area contributed by atoms with Crippen LogP contribution in [0.5, 0.6) is 11.5 Å². The van der Waals surface area contributed by atoms with Crippen molar-refractivity contribution >= 4 is 51.0 Å². The molecule has 2 aromatic rings. The maximum absolute atomic E-state index is 13.1. The lowest BCUT2D eigenvalue weighted by molar-refractivity contribution is -0.150. The molecule has 3 rings (SSSR count). The Morgan fingerprint density at radius 3 is 2.33 bits per heavy atom. The van der Waals surface area contributed by atoms with Crippen LogP contribution in [0.1, 0.15) is 48.5 Å². The highest BCUT2D eigenvalue weighted by molar-refractivity contribution is 9.10. The Labute approximate surface area is 224 Å². The number of halogens is 2. The van der Waals surface area contributed by atoms with Crippen molar-refractivity contribution < 1.29 is 28.6 Å². The van der Waals surface area contributed by atoms with Gasteiger partial charge in [-0.3, -0.25) is 14.4 Å². The smallest absolute Gasteiger partial charge is 0.308 e. The summed E-state index contributed by atoms with van der Waals surface area (Å²) in [6, 6.07) is 8.43. The van der Waals surface area contributed by atoms with Crippen LogP contribution in [0.15, 0.2) is 34.8 Å². The lowest BCUT2D eigenvalue weighted by atomic mass is 9.81. The molecular weight excluding hydrogens is 552 g/mol. The van der Waals surface area contributed by atoms with Crippen LogP contribution in [0.25, 0.3) is 0 Å². The number of rotatable bonds is 9. The van der Waals surface area contributed by atoms with Crippen LogP contribution in [0.4, 0.5) is 5.69 Å². The second kappa shape index (κ2) is 13.0. The van der Waals surface area contributed by atoms with Crippen molar-refractivity contribution in [2.75, 3.05) is 26.1 Å². The minimum Gasteiger partial charge on any atom is -0.497 e. The second-order valence-electron chi connectivity index (χ2n) is 8.50. The zero-order valence-corrected chi connectivity index (χ0v) is 22.8. The molecule has 2 amide bonds. The molecule has 1 fully saturated rings. The van der Waals surface area contributed by atoms with Gasteiger partial charge in [0, 0.05) is 23.6 Å². The Bertz CT molecular complexity index is 1120. The van der Waals surface area contributed by atoms with Crippen molar-refractivity contribution in [1.29, 1.82) is 0 Å². The second-order valence-corrected chi connectivity index (χ2v) is 9.79. The molecule has 1 aliphatic rings. The molecule has 1 saturated carbocycles. The molecule has 1 aliphatic carbocycles. The summed E-state index contributed by atoms with van der Waals surface area (Å²) >= 11 is 9.54. The predicted octanol–water partition coefficient (Wildman–Crippen LogP) is 5.36. The van der Waals surface area contributed by atoms with Crippen molar-refractivity contribution in [3.63, 3.8) is 0 Å². The van der Waals surface area contributed by atoms with Crippen LogP contribution >= 0.6 is 27.5 Å². The molecule has 0 aromatic heterocycles. The fourth-order valence-corrected chi connectivity index (χ4v) is 4.96. The summed E-state index contributed by atoms with van der Waals surface area (Å²) in [6.45, 7) is 2.34. The zero-order valence-electron chi connectivity index (χ0n) is 20.5. The first kappa shape index (κ1) is 27.8. The van der Waals surface area contributed by atoms with E-state index in [0.29, 0.717) is 59.0 Å². The van der Waals surface area contributed by atoms with Crippen LogP contribution in [0.3, 0.4) is 0 Å². The maximum atomic E-state index is 13.1. The van der Waals surface area contributed by atoms with Gasteiger partial charge < -0.3 is 24.8 Å². The van der Waals surface area contributed by atoms with E-state index < -0.39 is 0 Å². The van der Waals surface area contributed by atoms with Crippen LogP contribution in [0.2, 0.25) is 5.02 Å². The SMILES string of the molecule is CCOC(=O)C1CCC(C(=O)Nc2cc(OC)c(Br)cc2C(=O)NCc2cc(Cl)cc(OC)c2)CC1. The van der Waals surface area contributed by atoms with Crippen molar-refractivity contribution in [2.45, 2.75) is 39.2 Å². The number of anilines is 1. The molecule has 2 N–H and O–H groups in total. The van der Waals surface area contributed by atoms with E-state index in [1.807, 2.05) is 0 Å². The zero-order chi connectivity index (χ0) is 26.2. The molecule has 194 valence electrons. The third-order valence-corrected chi connectivity index (χ3v) is 6.97. The van der Waals surface area contributed by atoms with Gasteiger partial charge in [0.15, 0.2) is 0 Å². The highest BCUT2D eigenvalue weighted by Gasteiger charge is 2.31. The van der Waals surface area contributed by atoms with Gasteiger partial charge in [0.25, 0.3) is 5.91 Å². The predicted molar refractivity (Wildman–Crippen MR) is 141 cm³/mol. The van der Waals surface area contributed by atoms with Gasteiger partial charge in [-0.25, -0.2) is 0 Å². The highest BCUT2D eigenvalue weighted by atomic mass is 79.9. The van der Waals surface area contributed by atoms with Gasteiger partial charge in [0.05, 0.1) is 42.5 Å². The summed E-state index contributed by atoms with van der Waals surface area (Å²) in [4.78, 5) is 38.2. The summed E-state index contributed by atoms with van der Waals surface area (Å²) in [6.07, 6.45) is 2.33. The average Bonchev–Trinajstić information content (AvgIpc) is 2.87. The molecule has 0 unspecified atom stereocenters. The van der Waals surface area contributed by atoms with E-state index in [9.17, 15) is 14.4 Å². The lowest BCUT2D eigenvalue weighted by Crippen LogP contribution is -2.31. The molecule has 36 heavy (non-hydrogen) atoms. The van der Waals surface area contributed by atoms with Crippen LogP contribution in [-0.4, -0.2) is 38.6 Å². The molecule has 10 heteroatoms. The van der Waals surface area contributed by atoms with Crippen molar-refractivity contribution in [3.05, 3.63) is 51.0 Å². The van der Waals surface area contributed by atoms with E-state index in [0.717, 1.165) is 5.56 Å². The fraction of sp³-hybridized carbons (Fsp3) is 0.423. The number of ether oxygens (including phenoxy) is 3. The average molecular weight is 582 g/mol. The lowest BCUT2D eigenvalue weighted by Gasteiger charge is -2.26. The monoisotopic (exact) mass is 580 g/mol. The Morgan fingerprint density at radius 2 is 1.69 bits per heavy atom. The molecule has 0 spiro atoms. The first-order valence-corrected chi connectivity index (χ1v) is 12.9. The van der Waals surface area contributed by atoms with Crippen LogP contribution < -0.4 is 20.1 Å². The van der Waals surface area contributed by atoms with Gasteiger partial charge in [-0.2, -0.15) is 0 Å². The standard InChI is InChI=1S/C26H30BrClN2O6/c1-4-36-26(33)17-7-5-16(6-8-17)24(31)30-22-13-23(35-3)21(27)12-20(22)25(32)29-14-15-9-18(28)11-19(10-15)34-2/h9-13,16-17H,4-8,14H2,1-3H3,(H,29,32)(H,30,31). The topological polar surface area (TPSA) is 103 Å². The number of nitrogens with one attached hydrogen (secondary N) is 2. The molecule has 0 saturated heterocycles. The normalized spacial score (nSPS) is 17.1. The number of benzene rings is 2. The van der Waals surface area contributed by atoms with Gasteiger partial charge in [0.2, 0.25) is 5.91 Å². The first-order chi connectivity index (χ1) is 17.2. The van der Waals surface area contributed by atoms with E-state index in [2.05, 4.69) is 26.6 Å². The van der Waals surface area contributed by atoms with E-state index in [1.54, 1.807) is 44.4 Å². The molecular formula is C26H30BrClN2O6. The van der Waals surface area contributed by atoms with Gasteiger partial charge in [-0.15, -0.1) is 0 Å². The summed E-state index contributed by atoms with van der Waals surface area (Å²) in [5, 5.41) is 6.26. The molecule has 8 nitrogen and oxygen atoms in total. The largest absolute Gasteiger partial charge is 0.497 e. The molecule has 0 atom stereocenters. The van der Waals surface area contributed by atoms with E-state index in [-0.39, 0.29) is 41.7 Å². The van der Waals surface area contributed by atoms with Gasteiger partial charge in [-0.05, 0) is 78.4 Å². The minimum absolute atomic E-state index is 0.173. The number of methoxy groups -OCH3 is 2. The first-order valence-electron chi connectivity index (χ1n) is 11.7. The quantitative estimate of drug-likeness (QED) is 0.387. The number of carbonyl (C=O) groups excluding carboxylic acids is 3. The Kier molecular flexibility index (Phi) is 10.0. The van der Waals surface area contributed by atoms with Crippen molar-refractivity contribution in [1.82, 2.24) is 5.32 Å². The van der Waals surface area contributed by atoms with Crippen molar-refractivity contribution in [2.24, 2.45) is 11.8 Å². The van der Waals surface area contributed by atoms with E-state index in [4.69, 9.17) is 25.8 Å². The van der Waals surface area contributed by atoms with Crippen LogP contribution in [-0.2, 0) is 20.9 Å². The maximum Gasteiger partial charge on any atom is 0.308 e. The summed E-state index contributed by atoms with van der Waals surface area (Å²) in [5.74, 6) is -0.149. The number of carbonyl (C=O) groups is 3. The number of hydrogen-bond acceptors (Lipinski definition) is 6. The minimum atomic E-state index is -0.376. The van der Waals surface area contributed by atoms with Gasteiger partial charge >= 0.3 is 5.97 Å². The number of amides is 2. The van der Waals surface area contributed by atoms with E-state index in [1.165, 1.54) is 7.11 Å². The van der Waals surface area contributed by atoms with Gasteiger partial charge in [0.1, 0.15) is 11.5 Å². The molecule has 0 radical (unpaired) electrons. The Balaban J connectivity index is 1.72. The highest BCUT2D eigenvalue weighted by Crippen LogP contribution is 2.34. The van der Waals surface area contributed by atoms with Crippen LogP contribution in [0, 0.1) is 11.8 Å². The molecule has 0 aliphatic heterocycles. The summed E-state index contributed by atoms with van der Waals surface area (Å²) in [7, 11) is 3.05. The van der Waals surface area contributed by atoms with Crippen molar-refractivity contribution in [3.8, 4) is 11.5 Å². The molecule has 0 heterocycles. The third-order valence-electron chi connectivity index (χ3n) is 6.13. The Morgan fingerprint density at radius 1 is 1.00 bits per heavy atom. The van der Waals surface area contributed by atoms with Gasteiger partial charge in [-0.1, -0.05) is 11.6 Å². The Hall–Kier alpha value is -2.78. The third kappa shape index (κ3) is 7.13. The van der Waals surface area contributed by atoms with E-state index >= 15 is 0 Å². The summed E-state index contributed by atoms with van der Waals surface area (Å²) in [5.41, 5.74) is 1.39. The molecule has 2 aromatic carbocycles. The molecule has 0 bridgehead atoms.